The summed E-state index contributed by atoms with van der Waals surface area (Å²) in [6.45, 7) is 0. The van der Waals surface area contributed by atoms with Crippen LogP contribution in [0, 0.1) is 0 Å². The summed E-state index contributed by atoms with van der Waals surface area (Å²) >= 11 is 0. The summed E-state index contributed by atoms with van der Waals surface area (Å²) in [5.74, 6) is 0.631. The Kier molecular flexibility index (Phi) is 4.04. The van der Waals surface area contributed by atoms with Gasteiger partial charge in [0.15, 0.2) is 5.65 Å². The van der Waals surface area contributed by atoms with Crippen LogP contribution in [0.4, 0.5) is 5.82 Å². The van der Waals surface area contributed by atoms with E-state index in [-0.39, 0.29) is 21.1 Å². The number of benzene rings is 2. The molecule has 4 aromatic rings. The third kappa shape index (κ3) is 2.70. The fraction of sp³-hybridized carbons (Fsp3) is 0.0526. The third-order valence-corrected chi connectivity index (χ3v) is 6.06. The minimum absolute atomic E-state index is 0.0559. The predicted octanol–water partition coefficient (Wildman–Crippen LogP) is 2.84. The number of para-hydroxylation sites is 1. The molecule has 0 aliphatic heterocycles. The lowest BCUT2D eigenvalue weighted by Gasteiger charge is -2.08. The fourth-order valence-electron chi connectivity index (χ4n) is 2.97. The van der Waals surface area contributed by atoms with E-state index in [1.807, 2.05) is 30.3 Å². The number of nitrogen functional groups attached to an aromatic ring is 1. The number of methoxy groups -OCH3 is 1. The number of rotatable bonds is 4. The Morgan fingerprint density at radius 3 is 2.30 bits per heavy atom. The Balaban J connectivity index is 2.01. The van der Waals surface area contributed by atoms with Crippen molar-refractivity contribution in [2.45, 2.75) is 9.79 Å². The topological polar surface area (TPSA) is 100 Å². The van der Waals surface area contributed by atoms with Gasteiger partial charge >= 0.3 is 0 Å². The average Bonchev–Trinajstić information content (AvgIpc) is 3.01. The van der Waals surface area contributed by atoms with Crippen molar-refractivity contribution < 1.29 is 13.2 Å². The molecule has 136 valence electrons. The van der Waals surface area contributed by atoms with Crippen LogP contribution in [0.1, 0.15) is 0 Å². The van der Waals surface area contributed by atoms with Gasteiger partial charge < -0.3 is 10.5 Å². The van der Waals surface area contributed by atoms with E-state index in [4.69, 9.17) is 10.5 Å². The number of hydrogen-bond donors (Lipinski definition) is 1. The number of hydrogen-bond acceptors (Lipinski definition) is 6. The van der Waals surface area contributed by atoms with Crippen LogP contribution in [0.5, 0.6) is 5.75 Å². The van der Waals surface area contributed by atoms with Crippen molar-refractivity contribution in [3.63, 3.8) is 0 Å². The smallest absolute Gasteiger partial charge is 0.212 e. The molecule has 0 aliphatic carbocycles. The molecule has 2 heterocycles. The highest BCUT2D eigenvalue weighted by atomic mass is 32.2. The molecule has 2 aromatic heterocycles. The van der Waals surface area contributed by atoms with Gasteiger partial charge in [0.05, 0.1) is 12.0 Å². The lowest BCUT2D eigenvalue weighted by atomic mass is 10.3. The minimum Gasteiger partial charge on any atom is -0.497 e. The van der Waals surface area contributed by atoms with Crippen LogP contribution < -0.4 is 10.5 Å². The number of fused-ring (bicyclic) bond motifs is 1. The lowest BCUT2D eigenvalue weighted by molar-refractivity contribution is 0.414. The number of nitrogens with zero attached hydrogens (tertiary/aromatic N) is 3. The Morgan fingerprint density at radius 1 is 0.963 bits per heavy atom. The predicted molar refractivity (Wildman–Crippen MR) is 102 cm³/mol. The van der Waals surface area contributed by atoms with Crippen LogP contribution in [0.2, 0.25) is 0 Å². The van der Waals surface area contributed by atoms with Crippen molar-refractivity contribution in [3.05, 3.63) is 67.0 Å². The molecule has 0 saturated carbocycles. The van der Waals surface area contributed by atoms with Gasteiger partial charge in [-0.1, -0.05) is 18.2 Å². The molecule has 0 spiro atoms. The highest BCUT2D eigenvalue weighted by Crippen LogP contribution is 2.36. The second-order valence-corrected chi connectivity index (χ2v) is 7.68. The summed E-state index contributed by atoms with van der Waals surface area (Å²) in [5.41, 5.74) is 7.63. The van der Waals surface area contributed by atoms with Gasteiger partial charge in [-0.25, -0.2) is 18.4 Å². The Morgan fingerprint density at radius 2 is 1.63 bits per heavy atom. The van der Waals surface area contributed by atoms with E-state index in [0.29, 0.717) is 17.1 Å². The van der Waals surface area contributed by atoms with E-state index in [1.54, 1.807) is 16.7 Å². The normalized spacial score (nSPS) is 11.6. The van der Waals surface area contributed by atoms with Gasteiger partial charge in [-0.3, -0.25) is 4.57 Å². The summed E-state index contributed by atoms with van der Waals surface area (Å²) in [6.07, 6.45) is 2.95. The van der Waals surface area contributed by atoms with Crippen LogP contribution in [0.3, 0.4) is 0 Å². The summed E-state index contributed by atoms with van der Waals surface area (Å²) in [7, 11) is -2.39. The molecule has 0 amide bonds. The molecular formula is C19H16N4O3S. The molecule has 0 fully saturated rings. The summed E-state index contributed by atoms with van der Waals surface area (Å²) in [4.78, 5) is 8.60. The van der Waals surface area contributed by atoms with Crippen LogP contribution in [-0.2, 0) is 9.84 Å². The molecule has 0 radical (unpaired) electrons. The minimum atomic E-state index is -3.91. The first-order valence-corrected chi connectivity index (χ1v) is 9.58. The van der Waals surface area contributed by atoms with Crippen LogP contribution in [-0.4, -0.2) is 30.1 Å². The van der Waals surface area contributed by atoms with Gasteiger partial charge in [-0.05, 0) is 36.4 Å². The summed E-state index contributed by atoms with van der Waals surface area (Å²) in [5, 5.41) is 0. The fourth-order valence-corrected chi connectivity index (χ4v) is 4.46. The second-order valence-electron chi connectivity index (χ2n) is 5.79. The zero-order chi connectivity index (χ0) is 19.0. The highest BCUT2D eigenvalue weighted by Gasteiger charge is 2.30. The molecule has 0 atom stereocenters. The first kappa shape index (κ1) is 17.0. The molecule has 0 saturated heterocycles. The van der Waals surface area contributed by atoms with Gasteiger partial charge in [-0.2, -0.15) is 0 Å². The molecular weight excluding hydrogens is 364 g/mol. The molecule has 27 heavy (non-hydrogen) atoms. The number of aromatic nitrogens is 3. The van der Waals surface area contributed by atoms with Crippen molar-refractivity contribution in [2.75, 3.05) is 12.8 Å². The van der Waals surface area contributed by atoms with E-state index < -0.39 is 9.84 Å². The van der Waals surface area contributed by atoms with Crippen LogP contribution in [0.25, 0.3) is 16.9 Å². The van der Waals surface area contributed by atoms with Gasteiger partial charge in [0.1, 0.15) is 22.0 Å². The van der Waals surface area contributed by atoms with E-state index in [2.05, 4.69) is 9.97 Å². The quantitative estimate of drug-likeness (QED) is 0.584. The van der Waals surface area contributed by atoms with E-state index >= 15 is 0 Å². The SMILES string of the molecule is COc1ccc(S(=O)(=O)c2c(N)n(-c3ccccc3)c3nccnc23)cc1. The van der Waals surface area contributed by atoms with Crippen molar-refractivity contribution in [2.24, 2.45) is 0 Å². The first-order chi connectivity index (χ1) is 13.0. The van der Waals surface area contributed by atoms with Crippen molar-refractivity contribution >= 4 is 26.8 Å². The van der Waals surface area contributed by atoms with Gasteiger partial charge in [0, 0.05) is 18.1 Å². The maximum absolute atomic E-state index is 13.3. The van der Waals surface area contributed by atoms with Crippen molar-refractivity contribution in [1.29, 1.82) is 0 Å². The van der Waals surface area contributed by atoms with Crippen molar-refractivity contribution in [1.82, 2.24) is 14.5 Å². The number of sulfone groups is 1. The maximum atomic E-state index is 13.3. The van der Waals surface area contributed by atoms with Crippen molar-refractivity contribution in [3.8, 4) is 11.4 Å². The highest BCUT2D eigenvalue weighted by molar-refractivity contribution is 7.92. The Labute approximate surface area is 156 Å². The molecule has 0 bridgehead atoms. The molecule has 8 heteroatoms. The first-order valence-electron chi connectivity index (χ1n) is 8.09. The Bertz CT molecular complexity index is 1220. The largest absolute Gasteiger partial charge is 0.497 e. The second kappa shape index (κ2) is 6.40. The molecule has 2 N–H and O–H groups in total. The van der Waals surface area contributed by atoms with E-state index in [9.17, 15) is 8.42 Å². The van der Waals surface area contributed by atoms with Gasteiger partial charge in [-0.15, -0.1) is 0 Å². The molecule has 0 aliphatic rings. The standard InChI is InChI=1S/C19H16N4O3S/c1-26-14-7-9-15(10-8-14)27(24,25)17-16-19(22-12-11-21-16)23(18(17)20)13-5-3-2-4-6-13/h2-12H,20H2,1H3. The monoisotopic (exact) mass is 380 g/mol. The number of ether oxygens (including phenoxy) is 1. The molecule has 4 rings (SSSR count). The Hall–Kier alpha value is -3.39. The zero-order valence-electron chi connectivity index (χ0n) is 14.4. The third-order valence-electron chi connectivity index (χ3n) is 4.23. The van der Waals surface area contributed by atoms with E-state index in [1.165, 1.54) is 31.6 Å². The summed E-state index contributed by atoms with van der Waals surface area (Å²) < 4.78 is 33.3. The summed E-state index contributed by atoms with van der Waals surface area (Å²) in [6, 6.07) is 15.3. The number of nitrogens with two attached hydrogens (primary N) is 1. The van der Waals surface area contributed by atoms with Crippen LogP contribution in [0.15, 0.2) is 76.8 Å². The van der Waals surface area contributed by atoms with Gasteiger partial charge in [0.25, 0.3) is 0 Å². The maximum Gasteiger partial charge on any atom is 0.212 e. The number of anilines is 1. The zero-order valence-corrected chi connectivity index (χ0v) is 15.2. The molecule has 7 nitrogen and oxygen atoms in total. The lowest BCUT2D eigenvalue weighted by Crippen LogP contribution is -2.07. The van der Waals surface area contributed by atoms with E-state index in [0.717, 1.165) is 0 Å². The van der Waals surface area contributed by atoms with Crippen LogP contribution >= 0.6 is 0 Å². The van der Waals surface area contributed by atoms with Gasteiger partial charge in [0.2, 0.25) is 9.84 Å². The molecule has 0 unspecified atom stereocenters. The molecule has 2 aromatic carbocycles. The average molecular weight is 380 g/mol.